The number of hydrogen-bond donors (Lipinski definition) is 1. The van der Waals surface area contributed by atoms with Gasteiger partial charge in [-0.3, -0.25) is 0 Å². The summed E-state index contributed by atoms with van der Waals surface area (Å²) in [7, 11) is 0. The Balaban J connectivity index is 2.10. The lowest BCUT2D eigenvalue weighted by molar-refractivity contribution is 0.0987. The number of rotatable bonds is 3. The van der Waals surface area contributed by atoms with E-state index in [9.17, 15) is 5.11 Å². The largest absolute Gasteiger partial charge is 0.388 e. The molecular weight excluding hydrogens is 258 g/mol. The molecule has 1 aliphatic carbocycles. The molecule has 1 atom stereocenters. The van der Waals surface area contributed by atoms with Crippen molar-refractivity contribution < 1.29 is 5.11 Å². The van der Waals surface area contributed by atoms with Gasteiger partial charge in [0.25, 0.3) is 0 Å². The van der Waals surface area contributed by atoms with E-state index in [-0.39, 0.29) is 11.5 Å². The minimum atomic E-state index is -0.330. The first-order chi connectivity index (χ1) is 10.0. The second-order valence-corrected chi connectivity index (χ2v) is 7.03. The topological polar surface area (TPSA) is 25.2 Å². The standard InChI is InChI=1S/C19H25NO/c1-4-7-14-8-5-6-9-16(14)20-11-10-15-17(20)12-19(2,3)13-18(15)21/h5-6,8-11,18,21H,4,7,12-13H2,1-3H3. The van der Waals surface area contributed by atoms with E-state index in [1.165, 1.54) is 16.9 Å². The third-order valence-electron chi connectivity index (χ3n) is 4.55. The van der Waals surface area contributed by atoms with E-state index >= 15 is 0 Å². The van der Waals surface area contributed by atoms with Crippen LogP contribution in [-0.2, 0) is 12.8 Å². The Hall–Kier alpha value is -1.54. The van der Waals surface area contributed by atoms with Gasteiger partial charge in [0.1, 0.15) is 0 Å². The van der Waals surface area contributed by atoms with E-state index in [0.717, 1.165) is 31.2 Å². The number of aliphatic hydroxyl groups is 1. The predicted molar refractivity (Wildman–Crippen MR) is 86.8 cm³/mol. The third kappa shape index (κ3) is 2.65. The Morgan fingerprint density at radius 1 is 1.24 bits per heavy atom. The van der Waals surface area contributed by atoms with Crippen molar-refractivity contribution in [3.05, 3.63) is 53.3 Å². The normalized spacial score (nSPS) is 20.3. The number of nitrogens with zero attached hydrogens (tertiary/aromatic N) is 1. The fraction of sp³-hybridized carbons (Fsp3) is 0.474. The minimum absolute atomic E-state index is 0.155. The molecule has 0 bridgehead atoms. The molecule has 0 saturated carbocycles. The average Bonchev–Trinajstić information content (AvgIpc) is 2.82. The molecule has 0 amide bonds. The number of fused-ring (bicyclic) bond motifs is 1. The average molecular weight is 283 g/mol. The third-order valence-corrected chi connectivity index (χ3v) is 4.55. The summed E-state index contributed by atoms with van der Waals surface area (Å²) >= 11 is 0. The maximum Gasteiger partial charge on any atom is 0.0812 e. The van der Waals surface area contributed by atoms with Crippen LogP contribution in [0.1, 0.15) is 56.5 Å². The first kappa shape index (κ1) is 14.4. The summed E-state index contributed by atoms with van der Waals surface area (Å²) in [4.78, 5) is 0. The van der Waals surface area contributed by atoms with E-state index in [1.54, 1.807) is 0 Å². The fourth-order valence-corrected chi connectivity index (χ4v) is 3.58. The zero-order valence-electron chi connectivity index (χ0n) is 13.3. The van der Waals surface area contributed by atoms with Crippen molar-refractivity contribution >= 4 is 0 Å². The summed E-state index contributed by atoms with van der Waals surface area (Å²) in [6.07, 6.45) is 5.91. The van der Waals surface area contributed by atoms with E-state index < -0.39 is 0 Å². The Kier molecular flexibility index (Phi) is 3.66. The second-order valence-electron chi connectivity index (χ2n) is 7.03. The highest BCUT2D eigenvalue weighted by Gasteiger charge is 2.33. The van der Waals surface area contributed by atoms with Crippen LogP contribution in [0.2, 0.25) is 0 Å². The van der Waals surface area contributed by atoms with Gasteiger partial charge in [-0.25, -0.2) is 0 Å². The van der Waals surface area contributed by atoms with Crippen molar-refractivity contribution in [3.8, 4) is 5.69 Å². The molecule has 3 rings (SSSR count). The van der Waals surface area contributed by atoms with Crippen molar-refractivity contribution in [1.29, 1.82) is 0 Å². The van der Waals surface area contributed by atoms with Crippen molar-refractivity contribution in [2.45, 2.75) is 52.6 Å². The molecule has 1 aromatic carbocycles. The summed E-state index contributed by atoms with van der Waals surface area (Å²) in [5, 5.41) is 10.4. The first-order valence-corrected chi connectivity index (χ1v) is 7.98. The molecule has 0 spiro atoms. The smallest absolute Gasteiger partial charge is 0.0812 e. The lowest BCUT2D eigenvalue weighted by Gasteiger charge is -2.34. The van der Waals surface area contributed by atoms with Crippen LogP contribution >= 0.6 is 0 Å². The van der Waals surface area contributed by atoms with Gasteiger partial charge in [-0.2, -0.15) is 0 Å². The molecule has 112 valence electrons. The van der Waals surface area contributed by atoms with Crippen LogP contribution in [0.15, 0.2) is 36.5 Å². The first-order valence-electron chi connectivity index (χ1n) is 7.98. The lowest BCUT2D eigenvalue weighted by Crippen LogP contribution is -2.26. The van der Waals surface area contributed by atoms with Gasteiger partial charge in [0.05, 0.1) is 6.10 Å². The fourth-order valence-electron chi connectivity index (χ4n) is 3.58. The maximum absolute atomic E-state index is 10.4. The Morgan fingerprint density at radius 2 is 2.00 bits per heavy atom. The van der Waals surface area contributed by atoms with Gasteiger partial charge < -0.3 is 9.67 Å². The van der Waals surface area contributed by atoms with Gasteiger partial charge in [0, 0.05) is 23.1 Å². The molecule has 0 radical (unpaired) electrons. The molecule has 2 aromatic rings. The number of aryl methyl sites for hydroxylation is 1. The van der Waals surface area contributed by atoms with Gasteiger partial charge in [-0.05, 0) is 42.4 Å². The van der Waals surface area contributed by atoms with E-state index in [0.29, 0.717) is 0 Å². The number of hydrogen-bond acceptors (Lipinski definition) is 1. The van der Waals surface area contributed by atoms with Crippen molar-refractivity contribution in [1.82, 2.24) is 4.57 Å². The van der Waals surface area contributed by atoms with Gasteiger partial charge in [-0.15, -0.1) is 0 Å². The molecule has 1 aromatic heterocycles. The molecule has 0 saturated heterocycles. The predicted octanol–water partition coefficient (Wildman–Crippen LogP) is 4.44. The summed E-state index contributed by atoms with van der Waals surface area (Å²) in [5.41, 5.74) is 5.20. The van der Waals surface area contributed by atoms with Crippen molar-refractivity contribution in [2.24, 2.45) is 5.41 Å². The van der Waals surface area contributed by atoms with E-state index in [1.807, 2.05) is 0 Å². The zero-order chi connectivity index (χ0) is 15.0. The Bertz CT molecular complexity index is 639. The Morgan fingerprint density at radius 3 is 2.76 bits per heavy atom. The monoisotopic (exact) mass is 283 g/mol. The van der Waals surface area contributed by atoms with Gasteiger partial charge in [0.2, 0.25) is 0 Å². The quantitative estimate of drug-likeness (QED) is 0.885. The number of aromatic nitrogens is 1. The number of aliphatic hydroxyl groups excluding tert-OH is 1. The zero-order valence-corrected chi connectivity index (χ0v) is 13.3. The summed E-state index contributed by atoms with van der Waals surface area (Å²) in [6, 6.07) is 10.7. The number of para-hydroxylation sites is 1. The van der Waals surface area contributed by atoms with Crippen LogP contribution in [0, 0.1) is 5.41 Å². The molecule has 1 N–H and O–H groups in total. The molecule has 21 heavy (non-hydrogen) atoms. The summed E-state index contributed by atoms with van der Waals surface area (Å²) in [6.45, 7) is 6.71. The molecule has 0 aliphatic heterocycles. The van der Waals surface area contributed by atoms with Gasteiger partial charge >= 0.3 is 0 Å². The molecule has 2 heteroatoms. The minimum Gasteiger partial charge on any atom is -0.388 e. The Labute approximate surface area is 127 Å². The number of benzene rings is 1. The molecule has 2 nitrogen and oxygen atoms in total. The molecular formula is C19H25NO. The summed E-state index contributed by atoms with van der Waals surface area (Å²) in [5.74, 6) is 0. The molecule has 1 unspecified atom stereocenters. The van der Waals surface area contributed by atoms with Crippen LogP contribution in [0.4, 0.5) is 0 Å². The van der Waals surface area contributed by atoms with Gasteiger partial charge in [-0.1, -0.05) is 45.4 Å². The van der Waals surface area contributed by atoms with E-state index in [4.69, 9.17) is 0 Å². The lowest BCUT2D eigenvalue weighted by atomic mass is 9.75. The van der Waals surface area contributed by atoms with Crippen LogP contribution < -0.4 is 0 Å². The summed E-state index contributed by atoms with van der Waals surface area (Å²) < 4.78 is 2.30. The van der Waals surface area contributed by atoms with E-state index in [2.05, 4.69) is 61.9 Å². The second kappa shape index (κ2) is 5.34. The van der Waals surface area contributed by atoms with Crippen LogP contribution in [0.3, 0.4) is 0 Å². The SMILES string of the molecule is CCCc1ccccc1-n1ccc2c1CC(C)(C)CC2O. The van der Waals surface area contributed by atoms with Crippen LogP contribution in [0.25, 0.3) is 5.69 Å². The highest BCUT2D eigenvalue weighted by Crippen LogP contribution is 2.42. The highest BCUT2D eigenvalue weighted by molar-refractivity contribution is 5.46. The highest BCUT2D eigenvalue weighted by atomic mass is 16.3. The van der Waals surface area contributed by atoms with Gasteiger partial charge in [0.15, 0.2) is 0 Å². The maximum atomic E-state index is 10.4. The van der Waals surface area contributed by atoms with Crippen LogP contribution in [0.5, 0.6) is 0 Å². The molecule has 0 fully saturated rings. The van der Waals surface area contributed by atoms with Crippen molar-refractivity contribution in [2.75, 3.05) is 0 Å². The van der Waals surface area contributed by atoms with Crippen molar-refractivity contribution in [3.63, 3.8) is 0 Å². The van der Waals surface area contributed by atoms with Crippen LogP contribution in [-0.4, -0.2) is 9.67 Å². The molecule has 1 heterocycles. The molecule has 1 aliphatic rings.